The topological polar surface area (TPSA) is 27.6 Å². The molecule has 0 aromatic rings. The van der Waals surface area contributed by atoms with Gasteiger partial charge in [-0.15, -0.1) is 0 Å². The summed E-state index contributed by atoms with van der Waals surface area (Å²) >= 11 is 0. The quantitative estimate of drug-likeness (QED) is 0.575. The number of aliphatic imine (C=N–C) groups is 1. The summed E-state index contributed by atoms with van der Waals surface area (Å²) in [5.41, 5.74) is 3.23. The molecule has 0 fully saturated rings. The maximum absolute atomic E-state index is 4.06. The zero-order valence-electron chi connectivity index (χ0n) is 5.96. The van der Waals surface area contributed by atoms with Crippen LogP contribution < -0.4 is 5.43 Å². The number of nitrogens with one attached hydrogen (secondary N) is 1. The number of hydrogen-bond acceptors (Lipinski definition) is 3. The zero-order valence-corrected chi connectivity index (χ0v) is 5.96. The Hall–Kier alpha value is -0.570. The molecule has 0 aromatic carbocycles. The number of hydrazine groups is 1. The van der Waals surface area contributed by atoms with Gasteiger partial charge < -0.3 is 0 Å². The van der Waals surface area contributed by atoms with Crippen molar-refractivity contribution in [1.82, 2.24) is 10.4 Å². The summed E-state index contributed by atoms with van der Waals surface area (Å²) < 4.78 is 0. The average molecular weight is 127 g/mol. The Morgan fingerprint density at radius 2 is 2.44 bits per heavy atom. The molecule has 0 aliphatic carbocycles. The van der Waals surface area contributed by atoms with Crippen molar-refractivity contribution in [3.8, 4) is 0 Å². The Labute approximate surface area is 55.7 Å². The lowest BCUT2D eigenvalue weighted by molar-refractivity contribution is 0.307. The predicted molar refractivity (Wildman–Crippen MR) is 38.3 cm³/mol. The largest absolute Gasteiger partial charge is 0.297 e. The maximum atomic E-state index is 4.06. The van der Waals surface area contributed by atoms with E-state index in [1.807, 2.05) is 11.3 Å². The van der Waals surface area contributed by atoms with E-state index in [2.05, 4.69) is 24.3 Å². The summed E-state index contributed by atoms with van der Waals surface area (Å²) in [4.78, 5) is 4.06. The first-order valence-electron chi connectivity index (χ1n) is 3.32. The van der Waals surface area contributed by atoms with Crippen LogP contribution in [0.4, 0.5) is 0 Å². The van der Waals surface area contributed by atoms with Crippen molar-refractivity contribution in [3.05, 3.63) is 0 Å². The van der Waals surface area contributed by atoms with Crippen molar-refractivity contribution in [2.24, 2.45) is 4.99 Å². The minimum atomic E-state index is 0.509. The normalized spacial score (nSPS) is 17.9. The Balaban J connectivity index is 2.20. The summed E-state index contributed by atoms with van der Waals surface area (Å²) in [6.07, 6.45) is 1.85. The van der Waals surface area contributed by atoms with Gasteiger partial charge in [-0.3, -0.25) is 10.0 Å². The first-order valence-corrected chi connectivity index (χ1v) is 3.32. The second-order valence-electron chi connectivity index (χ2n) is 2.50. The minimum absolute atomic E-state index is 0.509. The van der Waals surface area contributed by atoms with Crippen LogP contribution in [0.1, 0.15) is 13.8 Å². The fourth-order valence-electron chi connectivity index (χ4n) is 0.809. The molecule has 0 saturated carbocycles. The van der Waals surface area contributed by atoms with Crippen molar-refractivity contribution >= 4 is 6.34 Å². The van der Waals surface area contributed by atoms with Gasteiger partial charge in [-0.05, 0) is 13.8 Å². The Bertz CT molecular complexity index is 109. The van der Waals surface area contributed by atoms with Gasteiger partial charge in [0.25, 0.3) is 0 Å². The number of nitrogens with zero attached hydrogens (tertiary/aromatic N) is 2. The fraction of sp³-hybridized carbons (Fsp3) is 0.833. The maximum Gasteiger partial charge on any atom is 0.0993 e. The van der Waals surface area contributed by atoms with Gasteiger partial charge in [0.15, 0.2) is 0 Å². The first kappa shape index (κ1) is 6.55. The van der Waals surface area contributed by atoms with Gasteiger partial charge in [-0.2, -0.15) is 0 Å². The summed E-state index contributed by atoms with van der Waals surface area (Å²) in [6.45, 7) is 6.18. The van der Waals surface area contributed by atoms with E-state index >= 15 is 0 Å². The van der Waals surface area contributed by atoms with Crippen molar-refractivity contribution < 1.29 is 0 Å². The predicted octanol–water partition coefficient (Wildman–Crippen LogP) is 0.243. The highest BCUT2D eigenvalue weighted by molar-refractivity contribution is 5.56. The van der Waals surface area contributed by atoms with Gasteiger partial charge >= 0.3 is 0 Å². The lowest BCUT2D eigenvalue weighted by Crippen LogP contribution is -2.40. The number of hydrogen-bond donors (Lipinski definition) is 1. The SMILES string of the molecule is CC(C)NN1C=NCC1. The second-order valence-corrected chi connectivity index (χ2v) is 2.50. The molecule has 0 radical (unpaired) electrons. The minimum Gasteiger partial charge on any atom is -0.297 e. The van der Waals surface area contributed by atoms with Crippen molar-refractivity contribution in [1.29, 1.82) is 0 Å². The van der Waals surface area contributed by atoms with E-state index in [4.69, 9.17) is 0 Å². The molecule has 3 heteroatoms. The average Bonchev–Trinajstić information content (AvgIpc) is 2.15. The van der Waals surface area contributed by atoms with Crippen LogP contribution in [0.25, 0.3) is 0 Å². The third-order valence-corrected chi connectivity index (χ3v) is 1.12. The molecule has 1 aliphatic heterocycles. The smallest absolute Gasteiger partial charge is 0.0993 e. The standard InChI is InChI=1S/C6H13N3/c1-6(2)8-9-4-3-7-5-9/h5-6,8H,3-4H2,1-2H3. The van der Waals surface area contributed by atoms with Gasteiger partial charge in [0, 0.05) is 6.04 Å². The highest BCUT2D eigenvalue weighted by Gasteiger charge is 2.04. The molecule has 52 valence electrons. The van der Waals surface area contributed by atoms with Crippen molar-refractivity contribution in [3.63, 3.8) is 0 Å². The summed E-state index contributed by atoms with van der Waals surface area (Å²) in [6, 6.07) is 0.509. The van der Waals surface area contributed by atoms with E-state index in [0.29, 0.717) is 6.04 Å². The first-order chi connectivity index (χ1) is 4.29. The van der Waals surface area contributed by atoms with Gasteiger partial charge in [-0.25, -0.2) is 5.43 Å². The molecule has 9 heavy (non-hydrogen) atoms. The molecule has 0 saturated heterocycles. The Kier molecular flexibility index (Phi) is 2.05. The molecule has 1 rings (SSSR count). The highest BCUT2D eigenvalue weighted by Crippen LogP contribution is 1.89. The van der Waals surface area contributed by atoms with Crippen LogP contribution in [-0.2, 0) is 0 Å². The third-order valence-electron chi connectivity index (χ3n) is 1.12. The van der Waals surface area contributed by atoms with E-state index in [0.717, 1.165) is 13.1 Å². The molecule has 0 spiro atoms. The van der Waals surface area contributed by atoms with E-state index < -0.39 is 0 Å². The second kappa shape index (κ2) is 2.82. The van der Waals surface area contributed by atoms with Crippen LogP contribution in [0, 0.1) is 0 Å². The molecule has 0 amide bonds. The molecule has 1 N–H and O–H groups in total. The van der Waals surface area contributed by atoms with Crippen LogP contribution in [0.5, 0.6) is 0 Å². The van der Waals surface area contributed by atoms with Crippen LogP contribution in [0.2, 0.25) is 0 Å². The van der Waals surface area contributed by atoms with Gasteiger partial charge in [0.05, 0.1) is 19.4 Å². The molecule has 1 heterocycles. The van der Waals surface area contributed by atoms with Crippen LogP contribution in [-0.4, -0.2) is 30.5 Å². The molecule has 0 unspecified atom stereocenters. The highest BCUT2D eigenvalue weighted by atomic mass is 15.5. The summed E-state index contributed by atoms with van der Waals surface area (Å²) in [5, 5.41) is 2.02. The van der Waals surface area contributed by atoms with E-state index in [1.165, 1.54) is 0 Å². The zero-order chi connectivity index (χ0) is 6.69. The Morgan fingerprint density at radius 1 is 1.67 bits per heavy atom. The van der Waals surface area contributed by atoms with Gasteiger partial charge in [0.1, 0.15) is 0 Å². The van der Waals surface area contributed by atoms with E-state index in [-0.39, 0.29) is 0 Å². The molecule has 0 aromatic heterocycles. The van der Waals surface area contributed by atoms with Crippen LogP contribution in [0.15, 0.2) is 4.99 Å². The van der Waals surface area contributed by atoms with Gasteiger partial charge in [-0.1, -0.05) is 0 Å². The molecular formula is C6H13N3. The Morgan fingerprint density at radius 3 is 2.89 bits per heavy atom. The van der Waals surface area contributed by atoms with Crippen molar-refractivity contribution in [2.45, 2.75) is 19.9 Å². The fourth-order valence-corrected chi connectivity index (χ4v) is 0.809. The van der Waals surface area contributed by atoms with Crippen LogP contribution >= 0.6 is 0 Å². The number of rotatable bonds is 2. The monoisotopic (exact) mass is 127 g/mol. The molecule has 0 atom stereocenters. The van der Waals surface area contributed by atoms with Gasteiger partial charge in [0.2, 0.25) is 0 Å². The molecule has 1 aliphatic rings. The van der Waals surface area contributed by atoms with E-state index in [1.54, 1.807) is 0 Å². The molecule has 0 bridgehead atoms. The summed E-state index contributed by atoms with van der Waals surface area (Å²) in [5.74, 6) is 0. The summed E-state index contributed by atoms with van der Waals surface area (Å²) in [7, 11) is 0. The van der Waals surface area contributed by atoms with Crippen molar-refractivity contribution in [2.75, 3.05) is 13.1 Å². The lowest BCUT2D eigenvalue weighted by atomic mass is 10.4. The van der Waals surface area contributed by atoms with Crippen LogP contribution in [0.3, 0.4) is 0 Å². The molecule has 3 nitrogen and oxygen atoms in total. The van der Waals surface area contributed by atoms with E-state index in [9.17, 15) is 0 Å². The third kappa shape index (κ3) is 2.01. The molecular weight excluding hydrogens is 114 g/mol. The lowest BCUT2D eigenvalue weighted by Gasteiger charge is -2.17.